The molecule has 0 aliphatic carbocycles. The summed E-state index contributed by atoms with van der Waals surface area (Å²) in [4.78, 5) is 53.3. The number of fused-ring (bicyclic) bond motifs is 1. The highest BCUT2D eigenvalue weighted by atomic mass is 32.1. The fourth-order valence-corrected chi connectivity index (χ4v) is 4.92. The molecule has 0 saturated heterocycles. The van der Waals surface area contributed by atoms with E-state index in [0.29, 0.717) is 31.9 Å². The van der Waals surface area contributed by atoms with Gasteiger partial charge in [0.1, 0.15) is 5.75 Å². The first kappa shape index (κ1) is 24.7. The first-order chi connectivity index (χ1) is 17.2. The average molecular weight is 508 g/mol. The van der Waals surface area contributed by atoms with Gasteiger partial charge in [0.2, 0.25) is 0 Å². The van der Waals surface area contributed by atoms with Gasteiger partial charge in [-0.1, -0.05) is 35.6 Å². The number of ether oxygens (including phenoxy) is 2. The van der Waals surface area contributed by atoms with Crippen LogP contribution in [0.4, 0.5) is 5.69 Å². The Morgan fingerprint density at radius 1 is 1.22 bits per heavy atom. The molecule has 0 spiro atoms. The van der Waals surface area contributed by atoms with Gasteiger partial charge in [-0.25, -0.2) is 9.79 Å². The van der Waals surface area contributed by atoms with E-state index in [1.165, 1.54) is 29.7 Å². The van der Waals surface area contributed by atoms with E-state index in [9.17, 15) is 24.5 Å². The van der Waals surface area contributed by atoms with Crippen molar-refractivity contribution in [1.29, 1.82) is 0 Å². The smallest absolute Gasteiger partial charge is 0.338 e. The SMILES string of the molecule is CCOC(=O)C1=C(C)N=c2s/c(=C/c3cccc([N+](=O)[O-])c3)c(=O)n2C1c1ccc(OC(C)=O)cc1. The van der Waals surface area contributed by atoms with Gasteiger partial charge in [-0.05, 0) is 43.2 Å². The predicted molar refractivity (Wildman–Crippen MR) is 131 cm³/mol. The number of rotatable bonds is 6. The molecular formula is C25H21N3O7S. The third-order valence-corrected chi connectivity index (χ3v) is 6.34. The molecule has 0 amide bonds. The molecule has 184 valence electrons. The molecule has 2 aromatic carbocycles. The van der Waals surface area contributed by atoms with Crippen LogP contribution in [0.3, 0.4) is 0 Å². The molecule has 2 heterocycles. The van der Waals surface area contributed by atoms with E-state index in [1.807, 2.05) is 0 Å². The quantitative estimate of drug-likeness (QED) is 0.217. The van der Waals surface area contributed by atoms with Gasteiger partial charge in [0.15, 0.2) is 4.80 Å². The van der Waals surface area contributed by atoms with E-state index in [1.54, 1.807) is 50.3 Å². The molecule has 10 nitrogen and oxygen atoms in total. The number of carbonyl (C=O) groups excluding carboxylic acids is 2. The highest BCUT2D eigenvalue weighted by Gasteiger charge is 2.33. The Bertz CT molecular complexity index is 1580. The molecule has 1 atom stereocenters. The van der Waals surface area contributed by atoms with Crippen molar-refractivity contribution in [2.75, 3.05) is 6.61 Å². The van der Waals surface area contributed by atoms with E-state index in [2.05, 4.69) is 4.99 Å². The highest BCUT2D eigenvalue weighted by molar-refractivity contribution is 7.07. The highest BCUT2D eigenvalue weighted by Crippen LogP contribution is 2.31. The Labute approximate surface area is 208 Å². The summed E-state index contributed by atoms with van der Waals surface area (Å²) in [7, 11) is 0. The first-order valence-electron chi connectivity index (χ1n) is 10.9. The molecular weight excluding hydrogens is 486 g/mol. The topological polar surface area (TPSA) is 130 Å². The maximum Gasteiger partial charge on any atom is 0.338 e. The zero-order valence-electron chi connectivity index (χ0n) is 19.6. The van der Waals surface area contributed by atoms with Gasteiger partial charge in [0.25, 0.3) is 11.2 Å². The van der Waals surface area contributed by atoms with Gasteiger partial charge < -0.3 is 9.47 Å². The lowest BCUT2D eigenvalue weighted by Crippen LogP contribution is -2.39. The maximum atomic E-state index is 13.6. The number of nitro groups is 1. The van der Waals surface area contributed by atoms with Gasteiger partial charge in [-0.3, -0.25) is 24.3 Å². The zero-order valence-corrected chi connectivity index (χ0v) is 20.4. The monoisotopic (exact) mass is 507 g/mol. The summed E-state index contributed by atoms with van der Waals surface area (Å²) in [5.41, 5.74) is 1.19. The Hall–Kier alpha value is -4.38. The summed E-state index contributed by atoms with van der Waals surface area (Å²) in [6, 6.07) is 11.6. The van der Waals surface area contributed by atoms with Gasteiger partial charge in [-0.15, -0.1) is 0 Å². The molecule has 3 aromatic rings. The van der Waals surface area contributed by atoms with Crippen LogP contribution in [0.25, 0.3) is 6.08 Å². The van der Waals surface area contributed by atoms with E-state index < -0.39 is 28.5 Å². The lowest BCUT2D eigenvalue weighted by molar-refractivity contribution is -0.384. The standard InChI is InChI=1S/C25H21N3O7S/c1-4-34-24(31)21-14(2)26-25-27(22(21)17-8-10-19(11-9-17)35-15(3)29)23(30)20(36-25)13-16-6-5-7-18(12-16)28(32)33/h5-13,22H,4H2,1-3H3/b20-13+. The van der Waals surface area contributed by atoms with E-state index >= 15 is 0 Å². The van der Waals surface area contributed by atoms with Gasteiger partial charge in [0, 0.05) is 19.1 Å². The number of nitro benzene ring substituents is 1. The summed E-state index contributed by atoms with van der Waals surface area (Å²) in [5.74, 6) is -0.747. The molecule has 36 heavy (non-hydrogen) atoms. The van der Waals surface area contributed by atoms with Gasteiger partial charge >= 0.3 is 11.9 Å². The lowest BCUT2D eigenvalue weighted by atomic mass is 9.96. The van der Waals surface area contributed by atoms with Crippen molar-refractivity contribution in [3.63, 3.8) is 0 Å². The van der Waals surface area contributed by atoms with Crippen LogP contribution in [-0.4, -0.2) is 28.0 Å². The Morgan fingerprint density at radius 2 is 1.94 bits per heavy atom. The molecule has 1 aliphatic rings. The largest absolute Gasteiger partial charge is 0.463 e. The molecule has 0 radical (unpaired) electrons. The second kappa shape index (κ2) is 10.1. The molecule has 4 rings (SSSR count). The summed E-state index contributed by atoms with van der Waals surface area (Å²) < 4.78 is 12.1. The van der Waals surface area contributed by atoms with Crippen LogP contribution in [0.1, 0.15) is 37.9 Å². The summed E-state index contributed by atoms with van der Waals surface area (Å²) in [6.07, 6.45) is 1.56. The molecule has 0 bridgehead atoms. The van der Waals surface area contributed by atoms with Crippen molar-refractivity contribution in [2.45, 2.75) is 26.8 Å². The van der Waals surface area contributed by atoms with Crippen LogP contribution >= 0.6 is 11.3 Å². The number of aromatic nitrogens is 1. The van der Waals surface area contributed by atoms with Gasteiger partial charge in [0.05, 0.1) is 33.4 Å². The van der Waals surface area contributed by atoms with Crippen LogP contribution in [0.2, 0.25) is 0 Å². The van der Waals surface area contributed by atoms with E-state index in [0.717, 1.165) is 11.3 Å². The van der Waals surface area contributed by atoms with Crippen molar-refractivity contribution >= 4 is 35.0 Å². The van der Waals surface area contributed by atoms with Crippen molar-refractivity contribution < 1.29 is 24.0 Å². The summed E-state index contributed by atoms with van der Waals surface area (Å²) in [6.45, 7) is 4.79. The van der Waals surface area contributed by atoms with Crippen LogP contribution in [0.5, 0.6) is 5.75 Å². The van der Waals surface area contributed by atoms with Crippen molar-refractivity contribution in [2.24, 2.45) is 4.99 Å². The number of hydrogen-bond donors (Lipinski definition) is 0. The predicted octanol–water partition coefficient (Wildman–Crippen LogP) is 2.63. The molecule has 0 fully saturated rings. The zero-order chi connectivity index (χ0) is 26.0. The molecule has 1 aliphatic heterocycles. The fraction of sp³-hybridized carbons (Fsp3) is 0.200. The number of thiazole rings is 1. The maximum absolute atomic E-state index is 13.6. The third kappa shape index (κ3) is 4.86. The second-order valence-corrected chi connectivity index (χ2v) is 8.83. The number of esters is 2. The number of non-ortho nitro benzene ring substituents is 1. The molecule has 1 aromatic heterocycles. The minimum Gasteiger partial charge on any atom is -0.463 e. The summed E-state index contributed by atoms with van der Waals surface area (Å²) in [5, 5.41) is 11.1. The third-order valence-electron chi connectivity index (χ3n) is 5.35. The van der Waals surface area contributed by atoms with E-state index in [-0.39, 0.29) is 17.9 Å². The van der Waals surface area contributed by atoms with Crippen LogP contribution in [0, 0.1) is 10.1 Å². The van der Waals surface area contributed by atoms with Gasteiger partial charge in [-0.2, -0.15) is 0 Å². The van der Waals surface area contributed by atoms with Crippen molar-refractivity contribution in [3.05, 3.63) is 101 Å². The molecule has 0 saturated carbocycles. The summed E-state index contributed by atoms with van der Waals surface area (Å²) >= 11 is 1.11. The van der Waals surface area contributed by atoms with Crippen molar-refractivity contribution in [1.82, 2.24) is 4.57 Å². The number of hydrogen-bond acceptors (Lipinski definition) is 9. The first-order valence-corrected chi connectivity index (χ1v) is 11.7. The molecule has 0 N–H and O–H groups in total. The van der Waals surface area contributed by atoms with Crippen LogP contribution < -0.4 is 19.6 Å². The normalized spacial score (nSPS) is 15.2. The van der Waals surface area contributed by atoms with E-state index in [4.69, 9.17) is 9.47 Å². The Kier molecular flexibility index (Phi) is 6.93. The Morgan fingerprint density at radius 3 is 2.58 bits per heavy atom. The number of nitrogens with zero attached hydrogens (tertiary/aromatic N) is 3. The molecule has 1 unspecified atom stereocenters. The second-order valence-electron chi connectivity index (χ2n) is 7.82. The minimum atomic E-state index is -0.834. The number of allylic oxidation sites excluding steroid dienone is 1. The molecule has 11 heteroatoms. The average Bonchev–Trinajstić information content (AvgIpc) is 3.13. The Balaban J connectivity index is 1.90. The van der Waals surface area contributed by atoms with Crippen molar-refractivity contribution in [3.8, 4) is 5.75 Å². The fourth-order valence-electron chi connectivity index (χ4n) is 3.87. The number of benzene rings is 2. The van der Waals surface area contributed by atoms with Crippen LogP contribution in [-0.2, 0) is 14.3 Å². The number of carbonyl (C=O) groups is 2. The minimum absolute atomic E-state index is 0.0947. The van der Waals surface area contributed by atoms with Crippen LogP contribution in [0.15, 0.2) is 69.6 Å². The lowest BCUT2D eigenvalue weighted by Gasteiger charge is -2.24.